The second-order valence-electron chi connectivity index (χ2n) is 7.77. The van der Waals surface area contributed by atoms with E-state index in [4.69, 9.17) is 4.74 Å². The largest absolute Gasteiger partial charge is 0.462 e. The molecule has 1 aromatic heterocycles. The summed E-state index contributed by atoms with van der Waals surface area (Å²) in [6.07, 6.45) is 3.13. The summed E-state index contributed by atoms with van der Waals surface area (Å²) in [5.74, 6) is -0.720. The molecule has 2 atom stereocenters. The minimum atomic E-state index is -0.417. The third-order valence-electron chi connectivity index (χ3n) is 5.78. The van der Waals surface area contributed by atoms with Crippen LogP contribution >= 0.6 is 0 Å². The van der Waals surface area contributed by atoms with Gasteiger partial charge in [0, 0.05) is 23.5 Å². The van der Waals surface area contributed by atoms with Crippen molar-refractivity contribution in [3.63, 3.8) is 0 Å². The lowest BCUT2D eigenvalue weighted by atomic mass is 9.97. The first-order chi connectivity index (χ1) is 13.8. The Balaban J connectivity index is 2.00. The average molecular weight is 400 g/mol. The van der Waals surface area contributed by atoms with Gasteiger partial charge in [-0.05, 0) is 82.9 Å². The maximum atomic E-state index is 13.4. The monoisotopic (exact) mass is 400 g/mol. The topological polar surface area (TPSA) is 51.5 Å². The molecule has 2 unspecified atom stereocenters. The highest BCUT2D eigenvalue weighted by atomic mass is 19.1. The van der Waals surface area contributed by atoms with Gasteiger partial charge in [-0.1, -0.05) is 0 Å². The molecule has 29 heavy (non-hydrogen) atoms. The Kier molecular flexibility index (Phi) is 6.40. The maximum absolute atomic E-state index is 13.4. The first kappa shape index (κ1) is 21.1. The van der Waals surface area contributed by atoms with Crippen LogP contribution in [0.5, 0.6) is 0 Å². The minimum absolute atomic E-state index is 0.0298. The molecule has 1 aliphatic rings. The number of hydrogen-bond donors (Lipinski definition) is 0. The number of nitrogens with zero attached hydrogens (tertiary/aromatic N) is 2. The van der Waals surface area contributed by atoms with Crippen LogP contribution in [0.25, 0.3) is 11.3 Å². The number of amides is 1. The van der Waals surface area contributed by atoms with Crippen molar-refractivity contribution in [2.75, 3.05) is 6.61 Å². The maximum Gasteiger partial charge on any atom is 0.339 e. The molecule has 0 saturated carbocycles. The van der Waals surface area contributed by atoms with Crippen LogP contribution in [0, 0.1) is 12.7 Å². The minimum Gasteiger partial charge on any atom is -0.462 e. The van der Waals surface area contributed by atoms with Crippen LogP contribution in [0.3, 0.4) is 0 Å². The summed E-state index contributed by atoms with van der Waals surface area (Å²) in [5.41, 5.74) is 2.56. The molecule has 1 amide bonds. The number of piperidine rings is 1. The molecule has 6 heteroatoms. The fourth-order valence-corrected chi connectivity index (χ4v) is 4.25. The Morgan fingerprint density at radius 2 is 1.76 bits per heavy atom. The normalized spacial score (nSPS) is 19.3. The molecule has 5 nitrogen and oxygen atoms in total. The molecule has 0 spiro atoms. The smallest absolute Gasteiger partial charge is 0.339 e. The van der Waals surface area contributed by atoms with Crippen molar-refractivity contribution in [1.29, 1.82) is 0 Å². The number of carbonyl (C=O) groups excluding carboxylic acids is 2. The van der Waals surface area contributed by atoms with Crippen molar-refractivity contribution in [3.8, 4) is 11.3 Å². The van der Waals surface area contributed by atoms with E-state index in [2.05, 4.69) is 13.8 Å². The molecule has 1 aromatic carbocycles. The van der Waals surface area contributed by atoms with E-state index in [-0.39, 0.29) is 37.0 Å². The standard InChI is InChI=1S/C23H29FN2O3/c1-5-29-23(28)20-13-21(18-9-11-19(24)12-10-18)25(17(20)4)14-22(27)26-15(2)7-6-8-16(26)3/h9-13,15-16H,5-8,14H2,1-4H3. The third-order valence-corrected chi connectivity index (χ3v) is 5.78. The highest BCUT2D eigenvalue weighted by molar-refractivity contribution is 5.93. The van der Waals surface area contributed by atoms with Crippen molar-refractivity contribution in [3.05, 3.63) is 47.4 Å². The van der Waals surface area contributed by atoms with E-state index < -0.39 is 5.97 Å². The molecule has 1 fully saturated rings. The first-order valence-corrected chi connectivity index (χ1v) is 10.3. The molecule has 1 aliphatic heterocycles. The number of aromatic nitrogens is 1. The number of carbonyl (C=O) groups is 2. The van der Waals surface area contributed by atoms with Crippen molar-refractivity contribution < 1.29 is 18.7 Å². The van der Waals surface area contributed by atoms with Crippen molar-refractivity contribution in [1.82, 2.24) is 9.47 Å². The number of benzene rings is 1. The lowest BCUT2D eigenvalue weighted by Gasteiger charge is -2.39. The summed E-state index contributed by atoms with van der Waals surface area (Å²) in [6, 6.07) is 8.20. The number of rotatable bonds is 5. The Bertz CT molecular complexity index is 878. The third kappa shape index (κ3) is 4.36. The molecule has 0 radical (unpaired) electrons. The van der Waals surface area contributed by atoms with Crippen LogP contribution in [-0.4, -0.2) is 40.0 Å². The predicted octanol–water partition coefficient (Wildman–Crippen LogP) is 4.57. The van der Waals surface area contributed by atoms with Gasteiger partial charge in [0.25, 0.3) is 0 Å². The Hall–Kier alpha value is -2.63. The number of esters is 1. The summed E-state index contributed by atoms with van der Waals surface area (Å²) >= 11 is 0. The Morgan fingerprint density at radius 1 is 1.14 bits per heavy atom. The Labute approximate surface area is 171 Å². The van der Waals surface area contributed by atoms with Crippen LogP contribution in [0.4, 0.5) is 4.39 Å². The number of hydrogen-bond acceptors (Lipinski definition) is 3. The van der Waals surface area contributed by atoms with Crippen LogP contribution in [0.2, 0.25) is 0 Å². The van der Waals surface area contributed by atoms with Gasteiger partial charge >= 0.3 is 5.97 Å². The zero-order valence-electron chi connectivity index (χ0n) is 17.6. The Morgan fingerprint density at radius 3 is 2.34 bits per heavy atom. The first-order valence-electron chi connectivity index (χ1n) is 10.3. The van der Waals surface area contributed by atoms with E-state index in [0.717, 1.165) is 24.8 Å². The van der Waals surface area contributed by atoms with Gasteiger partial charge in [0.05, 0.1) is 12.2 Å². The van der Waals surface area contributed by atoms with E-state index in [0.29, 0.717) is 17.0 Å². The van der Waals surface area contributed by atoms with Crippen LogP contribution in [0.15, 0.2) is 30.3 Å². The quantitative estimate of drug-likeness (QED) is 0.691. The van der Waals surface area contributed by atoms with Crippen molar-refractivity contribution in [2.45, 2.75) is 65.6 Å². The van der Waals surface area contributed by atoms with E-state index >= 15 is 0 Å². The lowest BCUT2D eigenvalue weighted by Crippen LogP contribution is -2.48. The molecule has 1 saturated heterocycles. The van der Waals surface area contributed by atoms with Gasteiger partial charge in [0.1, 0.15) is 12.4 Å². The summed E-state index contributed by atoms with van der Waals surface area (Å²) < 4.78 is 20.4. The molecule has 2 heterocycles. The molecule has 156 valence electrons. The van der Waals surface area contributed by atoms with Gasteiger partial charge in [0.15, 0.2) is 0 Å². The van der Waals surface area contributed by atoms with E-state index in [9.17, 15) is 14.0 Å². The zero-order chi connectivity index (χ0) is 21.1. The molecule has 0 bridgehead atoms. The molecule has 0 aliphatic carbocycles. The van der Waals surface area contributed by atoms with Crippen LogP contribution in [0.1, 0.15) is 56.1 Å². The van der Waals surface area contributed by atoms with Gasteiger partial charge in [-0.3, -0.25) is 4.79 Å². The molecular weight excluding hydrogens is 371 g/mol. The van der Waals surface area contributed by atoms with Gasteiger partial charge in [0.2, 0.25) is 5.91 Å². The highest BCUT2D eigenvalue weighted by Crippen LogP contribution is 2.29. The molecule has 0 N–H and O–H groups in total. The van der Waals surface area contributed by atoms with Crippen molar-refractivity contribution >= 4 is 11.9 Å². The zero-order valence-corrected chi connectivity index (χ0v) is 17.6. The molecular formula is C23H29FN2O3. The number of halogens is 1. The van der Waals surface area contributed by atoms with E-state index in [1.54, 1.807) is 25.1 Å². The van der Waals surface area contributed by atoms with Gasteiger partial charge in [-0.2, -0.15) is 0 Å². The van der Waals surface area contributed by atoms with Crippen molar-refractivity contribution in [2.24, 2.45) is 0 Å². The second kappa shape index (κ2) is 8.80. The average Bonchev–Trinajstić information content (AvgIpc) is 2.99. The van der Waals surface area contributed by atoms with Gasteiger partial charge in [-0.15, -0.1) is 0 Å². The molecule has 2 aromatic rings. The van der Waals surface area contributed by atoms with Crippen LogP contribution in [-0.2, 0) is 16.1 Å². The predicted molar refractivity (Wildman–Crippen MR) is 110 cm³/mol. The van der Waals surface area contributed by atoms with Gasteiger partial charge < -0.3 is 14.2 Å². The SMILES string of the molecule is CCOC(=O)c1cc(-c2ccc(F)cc2)n(CC(=O)N2C(C)CCCC2C)c1C. The number of likely N-dealkylation sites (tertiary alicyclic amines) is 1. The second-order valence-corrected chi connectivity index (χ2v) is 7.77. The number of ether oxygens (including phenoxy) is 1. The summed E-state index contributed by atoms with van der Waals surface area (Å²) in [5, 5.41) is 0. The van der Waals surface area contributed by atoms with Gasteiger partial charge in [-0.25, -0.2) is 9.18 Å². The van der Waals surface area contributed by atoms with E-state index in [1.165, 1.54) is 12.1 Å². The fourth-order valence-electron chi connectivity index (χ4n) is 4.25. The fraction of sp³-hybridized carbons (Fsp3) is 0.478. The summed E-state index contributed by atoms with van der Waals surface area (Å²) in [7, 11) is 0. The summed E-state index contributed by atoms with van der Waals surface area (Å²) in [6.45, 7) is 8.15. The summed E-state index contributed by atoms with van der Waals surface area (Å²) in [4.78, 5) is 27.6. The lowest BCUT2D eigenvalue weighted by molar-refractivity contribution is -0.137. The molecule has 3 rings (SSSR count). The van der Waals surface area contributed by atoms with E-state index in [1.807, 2.05) is 16.4 Å². The highest BCUT2D eigenvalue weighted by Gasteiger charge is 2.30. The van der Waals surface area contributed by atoms with Crippen LogP contribution < -0.4 is 0 Å².